The van der Waals surface area contributed by atoms with E-state index in [4.69, 9.17) is 23.2 Å². The number of hydrogen-bond donors (Lipinski definition) is 1. The number of nitrogens with one attached hydrogen (secondary N) is 1. The first-order valence-electron chi connectivity index (χ1n) is 5.60. The van der Waals surface area contributed by atoms with Crippen LogP contribution < -0.4 is 5.32 Å². The predicted octanol–water partition coefficient (Wildman–Crippen LogP) is 3.41. The Morgan fingerprint density at radius 3 is 2.71 bits per heavy atom. The zero-order chi connectivity index (χ0) is 12.9. The van der Waals surface area contributed by atoms with Crippen LogP contribution in [0.3, 0.4) is 0 Å². The summed E-state index contributed by atoms with van der Waals surface area (Å²) < 4.78 is 0. The van der Waals surface area contributed by atoms with Gasteiger partial charge in [0.25, 0.3) is 0 Å². The lowest BCUT2D eigenvalue weighted by Gasteiger charge is -2.27. The zero-order valence-corrected chi connectivity index (χ0v) is 11.6. The Morgan fingerprint density at radius 1 is 1.47 bits per heavy atom. The number of carbonyl (C=O) groups is 1. The van der Waals surface area contributed by atoms with Crippen LogP contribution in [0.1, 0.15) is 25.8 Å². The van der Waals surface area contributed by atoms with Crippen LogP contribution in [-0.2, 0) is 11.2 Å². The van der Waals surface area contributed by atoms with E-state index in [1.54, 1.807) is 12.1 Å². The molecule has 1 aromatic carbocycles. The van der Waals surface area contributed by atoms with Crippen molar-refractivity contribution in [2.45, 2.75) is 32.2 Å². The van der Waals surface area contributed by atoms with Gasteiger partial charge in [0, 0.05) is 10.9 Å². The molecule has 0 aliphatic rings. The van der Waals surface area contributed by atoms with E-state index in [1.807, 2.05) is 26.0 Å². The maximum atomic E-state index is 11.8. The number of halogens is 2. The molecular formula is C13H17Cl2NO. The molecule has 1 unspecified atom stereocenters. The molecule has 0 radical (unpaired) electrons. The molecule has 0 bridgehead atoms. The number of amides is 1. The van der Waals surface area contributed by atoms with Crippen molar-refractivity contribution >= 4 is 29.1 Å². The molecule has 94 valence electrons. The van der Waals surface area contributed by atoms with Crippen molar-refractivity contribution in [1.29, 1.82) is 0 Å². The number of alkyl halides is 1. The summed E-state index contributed by atoms with van der Waals surface area (Å²) in [4.78, 5) is 11.8. The number of rotatable bonds is 5. The second kappa shape index (κ2) is 6.27. The molecule has 0 heterocycles. The first-order chi connectivity index (χ1) is 7.99. The van der Waals surface area contributed by atoms with Gasteiger partial charge in [0.2, 0.25) is 5.91 Å². The van der Waals surface area contributed by atoms with Gasteiger partial charge in [0.1, 0.15) is 0 Å². The van der Waals surface area contributed by atoms with E-state index in [2.05, 4.69) is 5.32 Å². The third-order valence-corrected chi connectivity index (χ3v) is 3.60. The van der Waals surface area contributed by atoms with Gasteiger partial charge < -0.3 is 5.32 Å². The Bertz CT molecular complexity index is 389. The second-order valence-electron chi connectivity index (χ2n) is 4.40. The van der Waals surface area contributed by atoms with Gasteiger partial charge in [-0.3, -0.25) is 4.79 Å². The van der Waals surface area contributed by atoms with Gasteiger partial charge in [-0.1, -0.05) is 30.7 Å². The average molecular weight is 274 g/mol. The second-order valence-corrected chi connectivity index (χ2v) is 5.11. The monoisotopic (exact) mass is 273 g/mol. The highest BCUT2D eigenvalue weighted by Gasteiger charge is 2.22. The molecule has 0 spiro atoms. The van der Waals surface area contributed by atoms with Crippen molar-refractivity contribution < 1.29 is 4.79 Å². The fraction of sp³-hybridized carbons (Fsp3) is 0.462. The SMILES string of the molecule is CCC(C)(CCl)NC(=O)Cc1cccc(Cl)c1. The highest BCUT2D eigenvalue weighted by molar-refractivity contribution is 6.30. The van der Waals surface area contributed by atoms with Gasteiger partial charge in [-0.2, -0.15) is 0 Å². The van der Waals surface area contributed by atoms with Crippen molar-refractivity contribution in [2.24, 2.45) is 0 Å². The van der Waals surface area contributed by atoms with E-state index in [0.717, 1.165) is 12.0 Å². The molecular weight excluding hydrogens is 257 g/mol. The highest BCUT2D eigenvalue weighted by atomic mass is 35.5. The van der Waals surface area contributed by atoms with Crippen LogP contribution in [0.2, 0.25) is 5.02 Å². The maximum absolute atomic E-state index is 11.8. The molecule has 0 saturated heterocycles. The van der Waals surface area contributed by atoms with Gasteiger partial charge in [-0.05, 0) is 31.0 Å². The van der Waals surface area contributed by atoms with Gasteiger partial charge in [-0.15, -0.1) is 11.6 Å². The van der Waals surface area contributed by atoms with Crippen LogP contribution in [0.25, 0.3) is 0 Å². The maximum Gasteiger partial charge on any atom is 0.224 e. The summed E-state index contributed by atoms with van der Waals surface area (Å²) in [6.07, 6.45) is 1.13. The van der Waals surface area contributed by atoms with E-state index in [9.17, 15) is 4.79 Å². The number of hydrogen-bond acceptors (Lipinski definition) is 1. The lowest BCUT2D eigenvalue weighted by atomic mass is 10.0. The third-order valence-electron chi connectivity index (χ3n) is 2.77. The molecule has 1 atom stereocenters. The zero-order valence-electron chi connectivity index (χ0n) is 10.1. The molecule has 0 saturated carbocycles. The lowest BCUT2D eigenvalue weighted by Crippen LogP contribution is -2.47. The van der Waals surface area contributed by atoms with Crippen LogP contribution in [0.15, 0.2) is 24.3 Å². The predicted molar refractivity (Wildman–Crippen MR) is 72.7 cm³/mol. The standard InChI is InChI=1S/C13H17Cl2NO/c1-3-13(2,9-14)16-12(17)8-10-5-4-6-11(15)7-10/h4-7H,3,8-9H2,1-2H3,(H,16,17). The minimum atomic E-state index is -0.336. The quantitative estimate of drug-likeness (QED) is 0.819. The Hall–Kier alpha value is -0.730. The molecule has 2 nitrogen and oxygen atoms in total. The Morgan fingerprint density at radius 2 is 2.18 bits per heavy atom. The average Bonchev–Trinajstić information content (AvgIpc) is 2.28. The molecule has 4 heteroatoms. The molecule has 0 aromatic heterocycles. The van der Waals surface area contributed by atoms with Crippen molar-refractivity contribution in [3.63, 3.8) is 0 Å². The van der Waals surface area contributed by atoms with E-state index in [0.29, 0.717) is 17.3 Å². The summed E-state index contributed by atoms with van der Waals surface area (Å²) in [7, 11) is 0. The van der Waals surface area contributed by atoms with Gasteiger partial charge in [0.15, 0.2) is 0 Å². The van der Waals surface area contributed by atoms with Crippen LogP contribution in [-0.4, -0.2) is 17.3 Å². The molecule has 1 rings (SSSR count). The van der Waals surface area contributed by atoms with E-state index in [1.165, 1.54) is 0 Å². The van der Waals surface area contributed by atoms with Crippen molar-refractivity contribution in [2.75, 3.05) is 5.88 Å². The van der Waals surface area contributed by atoms with E-state index < -0.39 is 0 Å². The minimum Gasteiger partial charge on any atom is -0.349 e. The smallest absolute Gasteiger partial charge is 0.224 e. The summed E-state index contributed by atoms with van der Waals surface area (Å²) in [6.45, 7) is 3.94. The van der Waals surface area contributed by atoms with Crippen molar-refractivity contribution in [3.8, 4) is 0 Å². The molecule has 17 heavy (non-hydrogen) atoms. The van der Waals surface area contributed by atoms with Crippen LogP contribution in [0, 0.1) is 0 Å². The largest absolute Gasteiger partial charge is 0.349 e. The van der Waals surface area contributed by atoms with Gasteiger partial charge >= 0.3 is 0 Å². The summed E-state index contributed by atoms with van der Waals surface area (Å²) in [5.41, 5.74) is 0.569. The molecule has 0 aliphatic heterocycles. The summed E-state index contributed by atoms with van der Waals surface area (Å²) in [5, 5.41) is 3.59. The van der Waals surface area contributed by atoms with E-state index in [-0.39, 0.29) is 11.4 Å². The third kappa shape index (κ3) is 4.57. The van der Waals surface area contributed by atoms with E-state index >= 15 is 0 Å². The molecule has 1 N–H and O–H groups in total. The number of carbonyl (C=O) groups excluding carboxylic acids is 1. The Kier molecular flexibility index (Phi) is 5.29. The van der Waals surface area contributed by atoms with Crippen molar-refractivity contribution in [1.82, 2.24) is 5.32 Å². The first-order valence-corrected chi connectivity index (χ1v) is 6.52. The lowest BCUT2D eigenvalue weighted by molar-refractivity contribution is -0.122. The molecule has 0 fully saturated rings. The highest BCUT2D eigenvalue weighted by Crippen LogP contribution is 2.14. The molecule has 1 aromatic rings. The summed E-state index contributed by atoms with van der Waals surface area (Å²) in [6, 6.07) is 7.31. The van der Waals surface area contributed by atoms with Crippen LogP contribution >= 0.6 is 23.2 Å². The number of benzene rings is 1. The normalized spacial score (nSPS) is 14.1. The molecule has 0 aliphatic carbocycles. The minimum absolute atomic E-state index is 0.0303. The Labute approximate surface area is 112 Å². The first kappa shape index (κ1) is 14.3. The Balaban J connectivity index is 2.61. The fourth-order valence-electron chi connectivity index (χ4n) is 1.43. The summed E-state index contributed by atoms with van der Waals surface area (Å²) in [5.74, 6) is 0.377. The van der Waals surface area contributed by atoms with Crippen molar-refractivity contribution in [3.05, 3.63) is 34.9 Å². The van der Waals surface area contributed by atoms with Gasteiger partial charge in [-0.25, -0.2) is 0 Å². The summed E-state index contributed by atoms with van der Waals surface area (Å²) >= 11 is 11.7. The van der Waals surface area contributed by atoms with Gasteiger partial charge in [0.05, 0.1) is 12.0 Å². The van der Waals surface area contributed by atoms with Crippen LogP contribution in [0.4, 0.5) is 0 Å². The van der Waals surface area contributed by atoms with Crippen LogP contribution in [0.5, 0.6) is 0 Å². The topological polar surface area (TPSA) is 29.1 Å². The molecule has 1 amide bonds. The fourth-order valence-corrected chi connectivity index (χ4v) is 1.90.